The molecule has 66 valence electrons. The van der Waals surface area contributed by atoms with Crippen molar-refractivity contribution in [2.75, 3.05) is 6.54 Å². The second-order valence-corrected chi connectivity index (χ2v) is 4.21. The number of hydrogen-bond acceptors (Lipinski definition) is 3. The lowest BCUT2D eigenvalue weighted by atomic mass is 9.94. The summed E-state index contributed by atoms with van der Waals surface area (Å²) in [6.07, 6.45) is 4.36. The van der Waals surface area contributed by atoms with Gasteiger partial charge in [-0.1, -0.05) is 13.8 Å². The molecule has 1 aromatic heterocycles. The Morgan fingerprint density at radius 1 is 1.67 bits per heavy atom. The van der Waals surface area contributed by atoms with Crippen LogP contribution in [0.2, 0.25) is 0 Å². The molecule has 1 unspecified atom stereocenters. The molecular formula is C9H14N2O. The molecule has 1 aliphatic carbocycles. The van der Waals surface area contributed by atoms with Gasteiger partial charge in [-0.2, -0.15) is 0 Å². The monoisotopic (exact) mass is 166 g/mol. The Hall–Kier alpha value is -0.830. The average Bonchev–Trinajstić information content (AvgIpc) is 2.52. The van der Waals surface area contributed by atoms with Crippen LogP contribution in [0.5, 0.6) is 0 Å². The van der Waals surface area contributed by atoms with Gasteiger partial charge >= 0.3 is 0 Å². The van der Waals surface area contributed by atoms with E-state index in [9.17, 15) is 0 Å². The standard InChI is InChI=1S/C9H14N2O/c1-8(2)4-9(8,5-10)7-3-11-6-12-7/h3,6H,4-5,10H2,1-2H3. The molecule has 2 N–H and O–H groups in total. The maximum Gasteiger partial charge on any atom is 0.180 e. The third-order valence-electron chi connectivity index (χ3n) is 3.17. The Kier molecular flexibility index (Phi) is 1.37. The van der Waals surface area contributed by atoms with Gasteiger partial charge in [-0.05, 0) is 11.8 Å². The number of aromatic nitrogens is 1. The molecule has 2 rings (SSSR count). The van der Waals surface area contributed by atoms with Crippen LogP contribution >= 0.6 is 0 Å². The fourth-order valence-corrected chi connectivity index (χ4v) is 2.03. The molecule has 1 saturated carbocycles. The van der Waals surface area contributed by atoms with E-state index in [2.05, 4.69) is 18.8 Å². The fraction of sp³-hybridized carbons (Fsp3) is 0.667. The van der Waals surface area contributed by atoms with Gasteiger partial charge in [-0.25, -0.2) is 4.98 Å². The van der Waals surface area contributed by atoms with E-state index in [1.807, 2.05) is 0 Å². The van der Waals surface area contributed by atoms with Crippen LogP contribution in [-0.2, 0) is 5.41 Å². The summed E-state index contributed by atoms with van der Waals surface area (Å²) in [6.45, 7) is 5.07. The van der Waals surface area contributed by atoms with Gasteiger partial charge in [0, 0.05) is 12.0 Å². The van der Waals surface area contributed by atoms with E-state index in [0.29, 0.717) is 6.54 Å². The number of hydrogen-bond donors (Lipinski definition) is 1. The van der Waals surface area contributed by atoms with Gasteiger partial charge in [0.05, 0.1) is 6.20 Å². The zero-order valence-electron chi connectivity index (χ0n) is 7.50. The third kappa shape index (κ3) is 0.771. The lowest BCUT2D eigenvalue weighted by Gasteiger charge is -2.14. The van der Waals surface area contributed by atoms with Crippen LogP contribution < -0.4 is 5.73 Å². The van der Waals surface area contributed by atoms with Gasteiger partial charge in [0.25, 0.3) is 0 Å². The molecule has 1 aliphatic rings. The maximum absolute atomic E-state index is 5.75. The Bertz CT molecular complexity index is 279. The highest BCUT2D eigenvalue weighted by atomic mass is 16.3. The number of nitrogens with two attached hydrogens (primary N) is 1. The fourth-order valence-electron chi connectivity index (χ4n) is 2.03. The summed E-state index contributed by atoms with van der Waals surface area (Å²) in [5.41, 5.74) is 6.09. The smallest absolute Gasteiger partial charge is 0.180 e. The highest BCUT2D eigenvalue weighted by Crippen LogP contribution is 2.63. The molecule has 1 heterocycles. The lowest BCUT2D eigenvalue weighted by Crippen LogP contribution is -2.24. The second kappa shape index (κ2) is 2.10. The predicted octanol–water partition coefficient (Wildman–Crippen LogP) is 1.30. The van der Waals surface area contributed by atoms with E-state index in [4.69, 9.17) is 10.2 Å². The van der Waals surface area contributed by atoms with E-state index in [0.717, 1.165) is 12.2 Å². The molecule has 0 saturated heterocycles. The van der Waals surface area contributed by atoms with E-state index in [-0.39, 0.29) is 10.8 Å². The van der Waals surface area contributed by atoms with Crippen molar-refractivity contribution in [2.45, 2.75) is 25.7 Å². The molecule has 1 atom stereocenters. The third-order valence-corrected chi connectivity index (χ3v) is 3.17. The Labute approximate surface area is 72.0 Å². The summed E-state index contributed by atoms with van der Waals surface area (Å²) in [7, 11) is 0. The van der Waals surface area contributed by atoms with Crippen LogP contribution in [0.15, 0.2) is 17.0 Å². The van der Waals surface area contributed by atoms with Crippen molar-refractivity contribution in [2.24, 2.45) is 11.1 Å². The first-order valence-corrected chi connectivity index (χ1v) is 4.21. The topological polar surface area (TPSA) is 52.0 Å². The van der Waals surface area contributed by atoms with Crippen LogP contribution in [0.1, 0.15) is 26.0 Å². The first kappa shape index (κ1) is 7.80. The number of nitrogens with zero attached hydrogens (tertiary/aromatic N) is 1. The highest BCUT2D eigenvalue weighted by Gasteiger charge is 2.63. The maximum atomic E-state index is 5.75. The van der Waals surface area contributed by atoms with Gasteiger partial charge in [0.2, 0.25) is 0 Å². The summed E-state index contributed by atoms with van der Waals surface area (Å²) in [5, 5.41) is 0. The SMILES string of the molecule is CC1(C)CC1(CN)c1cnco1. The zero-order chi connectivity index (χ0) is 8.82. The summed E-state index contributed by atoms with van der Waals surface area (Å²) in [5.74, 6) is 0.940. The highest BCUT2D eigenvalue weighted by molar-refractivity contribution is 5.29. The molecule has 0 bridgehead atoms. The predicted molar refractivity (Wildman–Crippen MR) is 45.6 cm³/mol. The van der Waals surface area contributed by atoms with Crippen molar-refractivity contribution in [1.82, 2.24) is 4.98 Å². The molecule has 0 aliphatic heterocycles. The second-order valence-electron chi connectivity index (χ2n) is 4.21. The van der Waals surface area contributed by atoms with Crippen molar-refractivity contribution in [3.63, 3.8) is 0 Å². The largest absolute Gasteiger partial charge is 0.448 e. The number of oxazole rings is 1. The normalized spacial score (nSPS) is 31.9. The van der Waals surface area contributed by atoms with Crippen molar-refractivity contribution in [3.8, 4) is 0 Å². The minimum Gasteiger partial charge on any atom is -0.448 e. The van der Waals surface area contributed by atoms with Crippen LogP contribution in [0, 0.1) is 5.41 Å². The van der Waals surface area contributed by atoms with Gasteiger partial charge in [0.1, 0.15) is 5.76 Å². The number of rotatable bonds is 2. The van der Waals surface area contributed by atoms with Crippen LogP contribution in [0.3, 0.4) is 0 Å². The van der Waals surface area contributed by atoms with Crippen molar-refractivity contribution in [3.05, 3.63) is 18.4 Å². The Morgan fingerprint density at radius 3 is 2.67 bits per heavy atom. The quantitative estimate of drug-likeness (QED) is 0.720. The summed E-state index contributed by atoms with van der Waals surface area (Å²) < 4.78 is 5.30. The van der Waals surface area contributed by atoms with Crippen molar-refractivity contribution >= 4 is 0 Å². The molecule has 0 radical (unpaired) electrons. The molecule has 0 spiro atoms. The van der Waals surface area contributed by atoms with E-state index < -0.39 is 0 Å². The molecule has 12 heavy (non-hydrogen) atoms. The van der Waals surface area contributed by atoms with Gasteiger partial charge in [0.15, 0.2) is 6.39 Å². The molecule has 3 nitrogen and oxygen atoms in total. The zero-order valence-corrected chi connectivity index (χ0v) is 7.50. The molecular weight excluding hydrogens is 152 g/mol. The van der Waals surface area contributed by atoms with Gasteiger partial charge in [-0.15, -0.1) is 0 Å². The minimum absolute atomic E-state index is 0.0590. The lowest BCUT2D eigenvalue weighted by molar-refractivity contribution is 0.396. The van der Waals surface area contributed by atoms with Crippen LogP contribution in [0.25, 0.3) is 0 Å². The minimum atomic E-state index is 0.0590. The molecule has 0 aromatic carbocycles. The first-order valence-electron chi connectivity index (χ1n) is 4.21. The summed E-state index contributed by atoms with van der Waals surface area (Å²) in [4.78, 5) is 3.92. The summed E-state index contributed by atoms with van der Waals surface area (Å²) in [6, 6.07) is 0. The van der Waals surface area contributed by atoms with Gasteiger partial charge in [-0.3, -0.25) is 0 Å². The molecule has 1 fully saturated rings. The van der Waals surface area contributed by atoms with Crippen molar-refractivity contribution < 1.29 is 4.42 Å². The molecule has 1 aromatic rings. The van der Waals surface area contributed by atoms with E-state index in [1.165, 1.54) is 6.39 Å². The average molecular weight is 166 g/mol. The van der Waals surface area contributed by atoms with Gasteiger partial charge < -0.3 is 10.2 Å². The first-order chi connectivity index (χ1) is 5.62. The Balaban J connectivity index is 2.34. The Morgan fingerprint density at radius 2 is 2.33 bits per heavy atom. The van der Waals surface area contributed by atoms with E-state index >= 15 is 0 Å². The van der Waals surface area contributed by atoms with E-state index in [1.54, 1.807) is 6.20 Å². The summed E-state index contributed by atoms with van der Waals surface area (Å²) >= 11 is 0. The van der Waals surface area contributed by atoms with Crippen LogP contribution in [0.4, 0.5) is 0 Å². The van der Waals surface area contributed by atoms with Crippen LogP contribution in [-0.4, -0.2) is 11.5 Å². The van der Waals surface area contributed by atoms with Crippen molar-refractivity contribution in [1.29, 1.82) is 0 Å². The molecule has 0 amide bonds. The molecule has 3 heteroatoms.